The molecule has 1 rings (SSSR count). The van der Waals surface area contributed by atoms with E-state index in [1.807, 2.05) is 11.8 Å². The van der Waals surface area contributed by atoms with Crippen molar-refractivity contribution in [2.45, 2.75) is 33.1 Å². The zero-order valence-electron chi connectivity index (χ0n) is 11.2. The predicted molar refractivity (Wildman–Crippen MR) is 70.4 cm³/mol. The smallest absolute Gasteiger partial charge is 0.310 e. The molecule has 0 aliphatic carbocycles. The molecule has 0 aromatic carbocycles. The van der Waals surface area contributed by atoms with Gasteiger partial charge in [0.25, 0.3) is 0 Å². The van der Waals surface area contributed by atoms with Crippen molar-refractivity contribution in [3.63, 3.8) is 0 Å². The van der Waals surface area contributed by atoms with Gasteiger partial charge in [-0.1, -0.05) is 20.3 Å². The van der Waals surface area contributed by atoms with Gasteiger partial charge in [-0.15, -0.1) is 0 Å². The van der Waals surface area contributed by atoms with Gasteiger partial charge in [0, 0.05) is 18.8 Å². The summed E-state index contributed by atoms with van der Waals surface area (Å²) < 4.78 is 22.9. The maximum absolute atomic E-state index is 11.4. The minimum absolute atomic E-state index is 0.130. The van der Waals surface area contributed by atoms with E-state index in [2.05, 4.69) is 0 Å². The van der Waals surface area contributed by atoms with Crippen molar-refractivity contribution in [2.75, 3.05) is 31.1 Å². The molecule has 18 heavy (non-hydrogen) atoms. The molecule has 1 atom stereocenters. The summed E-state index contributed by atoms with van der Waals surface area (Å²) in [6, 6.07) is 0. The summed E-state index contributed by atoms with van der Waals surface area (Å²) >= 11 is 0. The number of carboxylic acids is 1. The highest BCUT2D eigenvalue weighted by Gasteiger charge is 2.43. The lowest BCUT2D eigenvalue weighted by Gasteiger charge is -2.24. The van der Waals surface area contributed by atoms with Gasteiger partial charge in [0.05, 0.1) is 11.2 Å². The second-order valence-corrected chi connectivity index (χ2v) is 7.57. The molecule has 0 bridgehead atoms. The summed E-state index contributed by atoms with van der Waals surface area (Å²) in [6.45, 7) is 5.24. The summed E-state index contributed by atoms with van der Waals surface area (Å²) in [5, 5.41) is 9.34. The van der Waals surface area contributed by atoms with E-state index in [0.29, 0.717) is 32.5 Å². The van der Waals surface area contributed by atoms with Crippen LogP contribution in [-0.2, 0) is 14.6 Å². The van der Waals surface area contributed by atoms with Gasteiger partial charge in [-0.25, -0.2) is 8.42 Å². The minimum atomic E-state index is -2.97. The van der Waals surface area contributed by atoms with E-state index in [-0.39, 0.29) is 11.5 Å². The quantitative estimate of drug-likeness (QED) is 0.751. The van der Waals surface area contributed by atoms with Gasteiger partial charge < -0.3 is 10.0 Å². The fraction of sp³-hybridized carbons (Fsp3) is 0.917. The van der Waals surface area contributed by atoms with Gasteiger partial charge >= 0.3 is 5.97 Å². The van der Waals surface area contributed by atoms with Gasteiger partial charge in [0.2, 0.25) is 0 Å². The van der Waals surface area contributed by atoms with Crippen LogP contribution in [0.5, 0.6) is 0 Å². The minimum Gasteiger partial charge on any atom is -0.481 e. The summed E-state index contributed by atoms with van der Waals surface area (Å²) in [5.41, 5.74) is -0.662. The Morgan fingerprint density at radius 3 is 2.56 bits per heavy atom. The topological polar surface area (TPSA) is 74.7 Å². The Hall–Kier alpha value is -0.620. The summed E-state index contributed by atoms with van der Waals surface area (Å²) in [4.78, 5) is 13.3. The number of hydrogen-bond donors (Lipinski definition) is 1. The molecular weight excluding hydrogens is 254 g/mol. The highest BCUT2D eigenvalue weighted by atomic mass is 32.2. The number of sulfone groups is 1. The van der Waals surface area contributed by atoms with Crippen LogP contribution in [0.4, 0.5) is 0 Å². The van der Waals surface area contributed by atoms with Crippen molar-refractivity contribution >= 4 is 15.8 Å². The summed E-state index contributed by atoms with van der Waals surface area (Å²) in [5.74, 6) is -0.462. The molecule has 1 aliphatic heterocycles. The molecule has 1 aliphatic rings. The first-order valence-corrected chi connectivity index (χ1v) is 8.33. The molecule has 5 nitrogen and oxygen atoms in total. The normalized spacial score (nSPS) is 25.4. The number of carbonyl (C=O) groups is 1. The standard InChI is InChI=1S/C12H23NO4S/c1-3-5-12(11(14)15)6-7-13(10-12)8-9-18(16,17)4-2/h3-10H2,1-2H3,(H,14,15). The van der Waals surface area contributed by atoms with E-state index in [1.165, 1.54) is 0 Å². The number of aliphatic carboxylic acids is 1. The molecular formula is C12H23NO4S. The van der Waals surface area contributed by atoms with Crippen molar-refractivity contribution in [1.82, 2.24) is 4.90 Å². The molecule has 1 N–H and O–H groups in total. The van der Waals surface area contributed by atoms with E-state index in [0.717, 1.165) is 6.42 Å². The van der Waals surface area contributed by atoms with Crippen LogP contribution in [0.15, 0.2) is 0 Å². The Bertz CT molecular complexity index is 393. The van der Waals surface area contributed by atoms with Crippen molar-refractivity contribution in [3.05, 3.63) is 0 Å². The Labute approximate surface area is 109 Å². The number of nitrogens with zero attached hydrogens (tertiary/aromatic N) is 1. The number of carboxylic acid groups (broad SMARTS) is 1. The van der Waals surface area contributed by atoms with E-state index < -0.39 is 21.2 Å². The largest absolute Gasteiger partial charge is 0.481 e. The van der Waals surface area contributed by atoms with Crippen LogP contribution in [-0.4, -0.2) is 55.5 Å². The molecule has 1 saturated heterocycles. The van der Waals surface area contributed by atoms with Gasteiger partial charge in [0.15, 0.2) is 9.84 Å². The van der Waals surface area contributed by atoms with Gasteiger partial charge in [0.1, 0.15) is 0 Å². The van der Waals surface area contributed by atoms with Crippen molar-refractivity contribution < 1.29 is 18.3 Å². The maximum Gasteiger partial charge on any atom is 0.310 e. The zero-order valence-corrected chi connectivity index (χ0v) is 12.0. The number of hydrogen-bond acceptors (Lipinski definition) is 4. The van der Waals surface area contributed by atoms with Gasteiger partial charge in [-0.05, 0) is 19.4 Å². The highest BCUT2D eigenvalue weighted by Crippen LogP contribution is 2.35. The van der Waals surface area contributed by atoms with Crippen LogP contribution in [0.25, 0.3) is 0 Å². The summed E-state index contributed by atoms with van der Waals surface area (Å²) in [6.07, 6.45) is 2.13. The molecule has 1 unspecified atom stereocenters. The molecule has 0 radical (unpaired) electrons. The fourth-order valence-corrected chi connectivity index (χ4v) is 3.35. The van der Waals surface area contributed by atoms with Gasteiger partial charge in [-0.2, -0.15) is 0 Å². The van der Waals surface area contributed by atoms with Crippen molar-refractivity contribution in [2.24, 2.45) is 5.41 Å². The summed E-state index contributed by atoms with van der Waals surface area (Å²) in [7, 11) is -2.97. The Balaban J connectivity index is 2.57. The predicted octanol–water partition coefficient (Wildman–Crippen LogP) is 0.998. The van der Waals surface area contributed by atoms with Crippen molar-refractivity contribution in [3.8, 4) is 0 Å². The Morgan fingerprint density at radius 1 is 1.39 bits per heavy atom. The van der Waals surface area contributed by atoms with E-state index in [9.17, 15) is 18.3 Å². The van der Waals surface area contributed by atoms with Crippen LogP contribution in [0.2, 0.25) is 0 Å². The molecule has 0 saturated carbocycles. The number of rotatable bonds is 7. The van der Waals surface area contributed by atoms with Crippen LogP contribution >= 0.6 is 0 Å². The zero-order chi connectivity index (χ0) is 13.8. The van der Waals surface area contributed by atoms with Crippen LogP contribution in [0, 0.1) is 5.41 Å². The SMILES string of the molecule is CCCC1(C(=O)O)CCN(CCS(=O)(=O)CC)C1. The molecule has 6 heteroatoms. The molecule has 0 amide bonds. The third-order valence-electron chi connectivity index (χ3n) is 3.77. The lowest BCUT2D eigenvalue weighted by molar-refractivity contribution is -0.148. The molecule has 0 aromatic heterocycles. The maximum atomic E-state index is 11.4. The van der Waals surface area contributed by atoms with Crippen LogP contribution in [0.3, 0.4) is 0 Å². The van der Waals surface area contributed by atoms with E-state index >= 15 is 0 Å². The third kappa shape index (κ3) is 3.68. The van der Waals surface area contributed by atoms with Crippen LogP contribution < -0.4 is 0 Å². The average molecular weight is 277 g/mol. The monoisotopic (exact) mass is 277 g/mol. The van der Waals surface area contributed by atoms with Crippen molar-refractivity contribution in [1.29, 1.82) is 0 Å². The highest BCUT2D eigenvalue weighted by molar-refractivity contribution is 7.91. The second kappa shape index (κ2) is 6.02. The molecule has 1 heterocycles. The van der Waals surface area contributed by atoms with Gasteiger partial charge in [-0.3, -0.25) is 4.79 Å². The lowest BCUT2D eigenvalue weighted by atomic mass is 9.83. The average Bonchev–Trinajstić information content (AvgIpc) is 2.72. The molecule has 0 aromatic rings. The molecule has 0 spiro atoms. The third-order valence-corrected chi connectivity index (χ3v) is 5.46. The Morgan fingerprint density at radius 2 is 2.06 bits per heavy atom. The fourth-order valence-electron chi connectivity index (χ4n) is 2.53. The second-order valence-electron chi connectivity index (χ2n) is 5.10. The number of likely N-dealkylation sites (tertiary alicyclic amines) is 1. The van der Waals surface area contributed by atoms with Crippen LogP contribution in [0.1, 0.15) is 33.1 Å². The molecule has 1 fully saturated rings. The lowest BCUT2D eigenvalue weighted by Crippen LogP contribution is -2.36. The first kappa shape index (κ1) is 15.4. The first-order valence-electron chi connectivity index (χ1n) is 6.51. The van der Waals surface area contributed by atoms with E-state index in [1.54, 1.807) is 6.92 Å². The molecule has 106 valence electrons. The van der Waals surface area contributed by atoms with E-state index in [4.69, 9.17) is 0 Å². The first-order chi connectivity index (χ1) is 8.35. The Kier molecular flexibility index (Phi) is 5.16.